The molecular weight excluding hydrogens is 1000 g/mol. The van der Waals surface area contributed by atoms with Crippen molar-refractivity contribution in [3.8, 4) is 11.5 Å². The average molecular weight is 1070 g/mol. The number of nitrogens with one attached hydrogen (secondary N) is 3. The minimum atomic E-state index is -0.691. The molecule has 402 valence electrons. The predicted molar refractivity (Wildman–Crippen MR) is 282 cm³/mol. The van der Waals surface area contributed by atoms with Gasteiger partial charge < -0.3 is 67.8 Å². The van der Waals surface area contributed by atoms with Crippen LogP contribution in [0, 0.1) is 5.41 Å². The zero-order chi connectivity index (χ0) is 53.5. The first kappa shape index (κ1) is 59.8. The van der Waals surface area contributed by atoms with Crippen molar-refractivity contribution in [1.29, 1.82) is 5.41 Å². The van der Waals surface area contributed by atoms with E-state index in [1.807, 2.05) is 48.5 Å². The van der Waals surface area contributed by atoms with Crippen LogP contribution in [0.2, 0.25) is 10.3 Å². The van der Waals surface area contributed by atoms with Gasteiger partial charge in [0.05, 0.1) is 52.7 Å². The highest BCUT2D eigenvalue weighted by atomic mass is 35.5. The van der Waals surface area contributed by atoms with Crippen LogP contribution in [0.1, 0.15) is 89.9 Å². The van der Waals surface area contributed by atoms with E-state index in [0.717, 1.165) is 62.0 Å². The van der Waals surface area contributed by atoms with Crippen LogP contribution in [0.25, 0.3) is 0 Å². The minimum absolute atomic E-state index is 0.0462. The van der Waals surface area contributed by atoms with Crippen LogP contribution in [0.3, 0.4) is 0 Å². The highest BCUT2D eigenvalue weighted by molar-refractivity contribution is 6.36. The van der Waals surface area contributed by atoms with Gasteiger partial charge in [-0.25, -0.2) is 19.9 Å². The first-order valence-corrected chi connectivity index (χ1v) is 24.9. The Hall–Kier alpha value is -6.76. The standard InChI is InChI=1S/C49H67Cl2N13O10/c50-41-45(55)62-43(53)39(60-41)38(66)31-34(52)9-3-1-2-7-32-11-15-35(16-12-32)73-29-27-71-25-23-69-21-6-10-37(65)47(67)58-20-22-70-24-26-72-28-30-74-36-17-13-33(14-18-36)8-4-5-19-59-49(57)64-48(68)40-44(54)63-46(56)42(51)61-40/h11-18,52H,1-10,19-31H2,(H,58,67)(H4,53,55,62)(H4,54,56,63)(H3,57,59,64,68). The number of nitrogens with two attached hydrogens (primary N) is 5. The normalized spacial score (nSPS) is 11.3. The lowest BCUT2D eigenvalue weighted by atomic mass is 10.0. The maximum Gasteiger partial charge on any atom is 0.287 e. The Kier molecular flexibility index (Phi) is 27.4. The summed E-state index contributed by atoms with van der Waals surface area (Å²) in [4.78, 5) is 68.6. The van der Waals surface area contributed by atoms with Gasteiger partial charge in [0.1, 0.15) is 24.7 Å². The van der Waals surface area contributed by atoms with Gasteiger partial charge in [0.25, 0.3) is 11.8 Å². The predicted octanol–water partition coefficient (Wildman–Crippen LogP) is 4.35. The van der Waals surface area contributed by atoms with Crippen molar-refractivity contribution in [3.05, 3.63) is 81.4 Å². The lowest BCUT2D eigenvalue weighted by Crippen LogP contribution is -2.38. The van der Waals surface area contributed by atoms with Crippen molar-refractivity contribution in [2.75, 3.05) is 102 Å². The van der Waals surface area contributed by atoms with Gasteiger partial charge in [-0.2, -0.15) is 0 Å². The summed E-state index contributed by atoms with van der Waals surface area (Å²) in [6, 6.07) is 15.6. The second-order valence-corrected chi connectivity index (χ2v) is 17.1. The molecule has 0 spiro atoms. The third-order valence-electron chi connectivity index (χ3n) is 10.6. The summed E-state index contributed by atoms with van der Waals surface area (Å²) in [6.45, 7) is 4.04. The number of nitrogens with zero attached hydrogens (tertiary/aromatic N) is 5. The van der Waals surface area contributed by atoms with Crippen LogP contribution in [0.15, 0.2) is 53.5 Å². The van der Waals surface area contributed by atoms with Gasteiger partial charge in [-0.3, -0.25) is 29.5 Å². The molecule has 23 nitrogen and oxygen atoms in total. The molecule has 0 bridgehead atoms. The Morgan fingerprint density at radius 3 is 1.65 bits per heavy atom. The molecule has 74 heavy (non-hydrogen) atoms. The van der Waals surface area contributed by atoms with E-state index in [0.29, 0.717) is 84.6 Å². The smallest absolute Gasteiger partial charge is 0.287 e. The summed E-state index contributed by atoms with van der Waals surface area (Å²) in [7, 11) is 0. The van der Waals surface area contributed by atoms with Crippen molar-refractivity contribution in [1.82, 2.24) is 30.6 Å². The molecular formula is C49H67Cl2N13O10. The monoisotopic (exact) mass is 1070 g/mol. The van der Waals surface area contributed by atoms with Crippen LogP contribution in [-0.4, -0.2) is 134 Å². The summed E-state index contributed by atoms with van der Waals surface area (Å²) in [5.74, 6) is -1.29. The second-order valence-electron chi connectivity index (χ2n) is 16.4. The topological polar surface area (TPSA) is 366 Å². The molecule has 4 aromatic rings. The molecule has 0 aliphatic rings. The fourth-order valence-corrected chi connectivity index (χ4v) is 6.94. The number of nitrogen functional groups attached to an aromatic ring is 4. The Morgan fingerprint density at radius 2 is 1.07 bits per heavy atom. The van der Waals surface area contributed by atoms with Gasteiger partial charge in [-0.1, -0.05) is 53.9 Å². The van der Waals surface area contributed by atoms with Crippen molar-refractivity contribution in [2.24, 2.45) is 10.7 Å². The molecule has 0 aliphatic heterocycles. The first-order valence-electron chi connectivity index (χ1n) is 24.1. The van der Waals surface area contributed by atoms with E-state index in [2.05, 4.69) is 35.6 Å². The SMILES string of the molecule is N=C(CCCCCc1ccc(OCCOCCOCCCC(=O)C(=O)NCCOCCOCCOc2ccc(CCCCN=C(N)NC(=O)c3nc(Cl)c(N)nc3N)cc2)cc1)CC(=O)c1nc(Cl)c(N)nc1N. The van der Waals surface area contributed by atoms with Crippen LogP contribution in [0.5, 0.6) is 11.5 Å². The number of aliphatic imine (C=N–C) groups is 1. The number of hydrogen-bond acceptors (Lipinski definition) is 20. The van der Waals surface area contributed by atoms with E-state index >= 15 is 0 Å². The third kappa shape index (κ3) is 23.4. The Balaban J connectivity index is 0.878. The van der Waals surface area contributed by atoms with Gasteiger partial charge in [0, 0.05) is 31.8 Å². The number of ketones is 2. The number of Topliss-reactive ketones (excluding diaryl/α,β-unsaturated/α-hetero) is 2. The van der Waals surface area contributed by atoms with Crippen molar-refractivity contribution >= 4 is 81.5 Å². The molecule has 0 atom stereocenters. The highest BCUT2D eigenvalue weighted by Gasteiger charge is 2.19. The average Bonchev–Trinajstić information content (AvgIpc) is 3.37. The number of halogens is 2. The molecule has 2 heterocycles. The number of aryl methyl sites for hydroxylation is 2. The lowest BCUT2D eigenvalue weighted by Gasteiger charge is -2.09. The Bertz CT molecular complexity index is 2450. The second kappa shape index (κ2) is 33.9. The molecule has 2 aromatic heterocycles. The Labute approximate surface area is 439 Å². The lowest BCUT2D eigenvalue weighted by molar-refractivity contribution is -0.138. The molecule has 0 aliphatic carbocycles. The number of guanidine groups is 1. The maximum atomic E-state index is 12.5. The van der Waals surface area contributed by atoms with Crippen LogP contribution < -0.4 is 48.8 Å². The number of rotatable bonds is 37. The van der Waals surface area contributed by atoms with E-state index in [-0.39, 0.29) is 76.9 Å². The van der Waals surface area contributed by atoms with Crippen LogP contribution >= 0.6 is 23.2 Å². The highest BCUT2D eigenvalue weighted by Crippen LogP contribution is 2.21. The zero-order valence-electron chi connectivity index (χ0n) is 41.3. The molecule has 0 fully saturated rings. The molecule has 2 amide bonds. The fourth-order valence-electron chi connectivity index (χ4n) is 6.69. The molecule has 13 N–H and O–H groups in total. The number of amides is 2. The maximum absolute atomic E-state index is 12.5. The largest absolute Gasteiger partial charge is 0.491 e. The molecule has 0 saturated heterocycles. The van der Waals surface area contributed by atoms with E-state index in [1.54, 1.807) is 0 Å². The van der Waals surface area contributed by atoms with Gasteiger partial charge in [0.15, 0.2) is 56.7 Å². The van der Waals surface area contributed by atoms with Crippen molar-refractivity contribution in [3.63, 3.8) is 0 Å². The summed E-state index contributed by atoms with van der Waals surface area (Å²) < 4.78 is 33.6. The van der Waals surface area contributed by atoms with Gasteiger partial charge in [-0.05, 0) is 86.8 Å². The number of benzene rings is 2. The van der Waals surface area contributed by atoms with E-state index in [9.17, 15) is 19.2 Å². The molecule has 25 heteroatoms. The number of aromatic nitrogens is 4. The van der Waals surface area contributed by atoms with Gasteiger partial charge in [0.2, 0.25) is 5.78 Å². The van der Waals surface area contributed by atoms with Crippen LogP contribution in [-0.2, 0) is 41.4 Å². The van der Waals surface area contributed by atoms with Gasteiger partial charge in [-0.15, -0.1) is 0 Å². The number of ether oxygens (including phenoxy) is 6. The molecule has 0 unspecified atom stereocenters. The van der Waals surface area contributed by atoms with Crippen molar-refractivity contribution in [2.45, 2.75) is 70.6 Å². The molecule has 0 saturated carbocycles. The minimum Gasteiger partial charge on any atom is -0.491 e. The van der Waals surface area contributed by atoms with E-state index < -0.39 is 23.4 Å². The van der Waals surface area contributed by atoms with E-state index in [4.69, 9.17) is 85.7 Å². The van der Waals surface area contributed by atoms with Crippen LogP contribution in [0.4, 0.5) is 23.3 Å². The van der Waals surface area contributed by atoms with Crippen molar-refractivity contribution < 1.29 is 47.6 Å². The Morgan fingerprint density at radius 1 is 0.568 bits per heavy atom. The molecule has 4 rings (SSSR count). The first-order chi connectivity index (χ1) is 35.7. The summed E-state index contributed by atoms with van der Waals surface area (Å²) in [6.07, 6.45) is 6.81. The summed E-state index contributed by atoms with van der Waals surface area (Å²) in [5.41, 5.74) is 30.7. The van der Waals surface area contributed by atoms with E-state index in [1.165, 1.54) is 5.56 Å². The summed E-state index contributed by atoms with van der Waals surface area (Å²) in [5, 5.41) is 12.9. The number of carbonyl (C=O) groups excluding carboxylic acids is 4. The number of hydrogen-bond donors (Lipinski definition) is 8. The number of anilines is 4. The third-order valence-corrected chi connectivity index (χ3v) is 11.1. The number of carbonyl (C=O) groups is 4. The quantitative estimate of drug-likeness (QED) is 0.0102. The van der Waals surface area contributed by atoms with Gasteiger partial charge >= 0.3 is 0 Å². The molecule has 2 aromatic carbocycles. The zero-order valence-corrected chi connectivity index (χ0v) is 42.9. The summed E-state index contributed by atoms with van der Waals surface area (Å²) >= 11 is 11.7. The molecule has 0 radical (unpaired) electrons. The number of unbranched alkanes of at least 4 members (excludes halogenated alkanes) is 3. The fraction of sp³-hybridized carbons (Fsp3) is 0.469.